The summed E-state index contributed by atoms with van der Waals surface area (Å²) in [6, 6.07) is 17.4. The second kappa shape index (κ2) is 7.68. The van der Waals surface area contributed by atoms with Crippen molar-refractivity contribution in [2.45, 2.75) is 19.8 Å². The fraction of sp³-hybridized carbons (Fsp3) is 0.182. The van der Waals surface area contributed by atoms with Gasteiger partial charge in [-0.2, -0.15) is 0 Å². The number of nitrogens with one attached hydrogen (secondary N) is 2. The molecule has 142 valence electrons. The summed E-state index contributed by atoms with van der Waals surface area (Å²) in [5, 5.41) is 10.9. The van der Waals surface area contributed by atoms with E-state index in [0.29, 0.717) is 23.4 Å². The third kappa shape index (κ3) is 3.67. The normalized spacial score (nSPS) is 12.1. The van der Waals surface area contributed by atoms with E-state index in [0.717, 1.165) is 11.4 Å². The van der Waals surface area contributed by atoms with Gasteiger partial charge in [0.1, 0.15) is 0 Å². The first kappa shape index (κ1) is 18.0. The Morgan fingerprint density at radius 3 is 2.64 bits per heavy atom. The van der Waals surface area contributed by atoms with Gasteiger partial charge in [-0.05, 0) is 42.7 Å². The van der Waals surface area contributed by atoms with Crippen LogP contribution in [0.25, 0.3) is 11.0 Å². The molecular weight excluding hydrogens is 355 g/mol. The first-order valence-corrected chi connectivity index (χ1v) is 9.18. The fourth-order valence-corrected chi connectivity index (χ4v) is 3.04. The van der Waals surface area contributed by atoms with E-state index >= 15 is 0 Å². The number of nitrogens with zero attached hydrogens (tertiary/aromatic N) is 2. The minimum atomic E-state index is -0.444. The van der Waals surface area contributed by atoms with Crippen molar-refractivity contribution < 1.29 is 8.91 Å². The Hall–Kier alpha value is -3.41. The fourth-order valence-electron chi connectivity index (χ4n) is 3.04. The average Bonchev–Trinajstić information content (AvgIpc) is 3.13. The van der Waals surface area contributed by atoms with Gasteiger partial charge in [-0.15, -0.1) is 0 Å². The van der Waals surface area contributed by atoms with Crippen LogP contribution in [0.5, 0.6) is 0 Å². The van der Waals surface area contributed by atoms with Crippen molar-refractivity contribution in [1.29, 1.82) is 0 Å². The predicted molar refractivity (Wildman–Crippen MR) is 110 cm³/mol. The van der Waals surface area contributed by atoms with E-state index < -0.39 is 5.82 Å². The van der Waals surface area contributed by atoms with Crippen LogP contribution >= 0.6 is 0 Å². The van der Waals surface area contributed by atoms with Gasteiger partial charge in [0.05, 0.1) is 23.0 Å². The third-order valence-electron chi connectivity index (χ3n) is 4.72. The third-order valence-corrected chi connectivity index (χ3v) is 4.72. The molecule has 0 amide bonds. The van der Waals surface area contributed by atoms with Crippen LogP contribution in [-0.4, -0.2) is 16.7 Å². The molecule has 0 aliphatic carbocycles. The van der Waals surface area contributed by atoms with Crippen LogP contribution < -0.4 is 10.6 Å². The summed E-state index contributed by atoms with van der Waals surface area (Å²) in [6.07, 6.45) is 1.70. The van der Waals surface area contributed by atoms with Crippen molar-refractivity contribution in [2.75, 3.05) is 17.2 Å². The quantitative estimate of drug-likeness (QED) is 0.457. The second-order valence-corrected chi connectivity index (χ2v) is 6.84. The molecule has 0 aliphatic rings. The van der Waals surface area contributed by atoms with E-state index in [1.54, 1.807) is 18.3 Å². The number of pyridine rings is 1. The Labute approximate surface area is 162 Å². The van der Waals surface area contributed by atoms with Crippen molar-refractivity contribution in [3.63, 3.8) is 0 Å². The van der Waals surface area contributed by atoms with Crippen molar-refractivity contribution in [1.82, 2.24) is 10.1 Å². The van der Waals surface area contributed by atoms with Gasteiger partial charge in [-0.1, -0.05) is 42.4 Å². The molecule has 5 nitrogen and oxygen atoms in total. The first-order chi connectivity index (χ1) is 13.6. The maximum absolute atomic E-state index is 14.9. The Kier molecular flexibility index (Phi) is 4.93. The average molecular weight is 376 g/mol. The summed E-state index contributed by atoms with van der Waals surface area (Å²) >= 11 is 0. The van der Waals surface area contributed by atoms with Gasteiger partial charge in [0.25, 0.3) is 0 Å². The van der Waals surface area contributed by atoms with E-state index in [2.05, 4.69) is 39.8 Å². The molecule has 4 aromatic rings. The zero-order valence-corrected chi connectivity index (χ0v) is 15.7. The van der Waals surface area contributed by atoms with Gasteiger partial charge in [0.2, 0.25) is 5.58 Å². The molecule has 0 spiro atoms. The van der Waals surface area contributed by atoms with Crippen LogP contribution in [0.15, 0.2) is 65.3 Å². The topological polar surface area (TPSA) is 63.0 Å². The molecule has 0 saturated carbocycles. The highest BCUT2D eigenvalue weighted by molar-refractivity contribution is 5.92. The highest BCUT2D eigenvalue weighted by Crippen LogP contribution is 2.31. The molecule has 4 rings (SSSR count). The zero-order valence-electron chi connectivity index (χ0n) is 15.7. The lowest BCUT2D eigenvalue weighted by atomic mass is 10.0. The Balaban J connectivity index is 1.52. The van der Waals surface area contributed by atoms with Crippen molar-refractivity contribution in [3.05, 3.63) is 77.9 Å². The molecule has 2 aromatic carbocycles. The van der Waals surface area contributed by atoms with Crippen molar-refractivity contribution in [2.24, 2.45) is 0 Å². The lowest BCUT2D eigenvalue weighted by molar-refractivity contribution is 0.444. The molecule has 0 aliphatic heterocycles. The van der Waals surface area contributed by atoms with Crippen molar-refractivity contribution in [3.8, 4) is 0 Å². The smallest absolute Gasteiger partial charge is 0.206 e. The van der Waals surface area contributed by atoms with E-state index in [1.807, 2.05) is 37.3 Å². The summed E-state index contributed by atoms with van der Waals surface area (Å²) in [6.45, 7) is 4.63. The number of benzene rings is 2. The molecule has 0 fully saturated rings. The van der Waals surface area contributed by atoms with Crippen LogP contribution in [0.3, 0.4) is 0 Å². The zero-order chi connectivity index (χ0) is 19.5. The predicted octanol–water partition coefficient (Wildman–Crippen LogP) is 5.63. The van der Waals surface area contributed by atoms with Gasteiger partial charge in [0.15, 0.2) is 11.6 Å². The molecule has 2 heterocycles. The van der Waals surface area contributed by atoms with Crippen LogP contribution in [-0.2, 0) is 0 Å². The highest BCUT2D eigenvalue weighted by Gasteiger charge is 2.17. The summed E-state index contributed by atoms with van der Waals surface area (Å²) in [4.78, 5) is 4.23. The van der Waals surface area contributed by atoms with E-state index in [9.17, 15) is 4.39 Å². The van der Waals surface area contributed by atoms with Gasteiger partial charge in [-0.3, -0.25) is 4.98 Å². The molecular formula is C22H21FN4O. The van der Waals surface area contributed by atoms with Crippen LogP contribution in [0.2, 0.25) is 0 Å². The number of hydrogen-bond acceptors (Lipinski definition) is 5. The SMILES string of the molecule is Cc1ccc(Nc2noc3c(F)c(NCC(C)c4ccccc4)ccc23)cn1. The Morgan fingerprint density at radius 1 is 1.07 bits per heavy atom. The minimum absolute atomic E-state index is 0.125. The van der Waals surface area contributed by atoms with Gasteiger partial charge in [0, 0.05) is 12.2 Å². The standard InChI is InChI=1S/C22H21FN4O/c1-14(16-6-4-3-5-7-16)12-25-19-11-10-18-21(20(19)23)28-27-22(18)26-17-9-8-15(2)24-13-17/h3-11,13-14,25H,12H2,1-2H3,(H,26,27). The molecule has 6 heteroatoms. The Bertz CT molecular complexity index is 1080. The lowest BCUT2D eigenvalue weighted by Crippen LogP contribution is -2.10. The molecule has 1 unspecified atom stereocenters. The molecule has 0 radical (unpaired) electrons. The summed E-state index contributed by atoms with van der Waals surface area (Å²) in [5.74, 6) is 0.265. The number of hydrogen-bond donors (Lipinski definition) is 2. The Morgan fingerprint density at radius 2 is 1.89 bits per heavy atom. The summed E-state index contributed by atoms with van der Waals surface area (Å²) in [5.41, 5.74) is 3.41. The number of aromatic nitrogens is 2. The van der Waals surface area contributed by atoms with Gasteiger partial charge in [-0.25, -0.2) is 4.39 Å². The molecule has 2 aromatic heterocycles. The van der Waals surface area contributed by atoms with Crippen LogP contribution in [0, 0.1) is 12.7 Å². The maximum atomic E-state index is 14.9. The van der Waals surface area contributed by atoms with Gasteiger partial charge >= 0.3 is 0 Å². The number of aryl methyl sites for hydroxylation is 1. The van der Waals surface area contributed by atoms with Crippen molar-refractivity contribution >= 4 is 28.2 Å². The van der Waals surface area contributed by atoms with E-state index in [4.69, 9.17) is 4.52 Å². The maximum Gasteiger partial charge on any atom is 0.206 e. The number of rotatable bonds is 6. The molecule has 0 bridgehead atoms. The summed E-state index contributed by atoms with van der Waals surface area (Å²) < 4.78 is 20.2. The highest BCUT2D eigenvalue weighted by atomic mass is 19.1. The van der Waals surface area contributed by atoms with Gasteiger partial charge < -0.3 is 15.2 Å². The number of halogens is 1. The molecule has 1 atom stereocenters. The van der Waals surface area contributed by atoms with Crippen LogP contribution in [0.4, 0.5) is 21.6 Å². The number of anilines is 3. The second-order valence-electron chi connectivity index (χ2n) is 6.84. The molecule has 0 saturated heterocycles. The molecule has 2 N–H and O–H groups in total. The largest absolute Gasteiger partial charge is 0.382 e. The first-order valence-electron chi connectivity index (χ1n) is 9.18. The van der Waals surface area contributed by atoms with Crippen LogP contribution in [0.1, 0.15) is 24.1 Å². The van der Waals surface area contributed by atoms with E-state index in [-0.39, 0.29) is 11.5 Å². The van der Waals surface area contributed by atoms with E-state index in [1.165, 1.54) is 5.56 Å². The minimum Gasteiger partial charge on any atom is -0.382 e. The number of fused-ring (bicyclic) bond motifs is 1. The monoisotopic (exact) mass is 376 g/mol. The molecule has 28 heavy (non-hydrogen) atoms. The summed E-state index contributed by atoms with van der Waals surface area (Å²) in [7, 11) is 0. The lowest BCUT2D eigenvalue weighted by Gasteiger charge is -2.14.